The number of rotatable bonds is 8. The summed E-state index contributed by atoms with van der Waals surface area (Å²) < 4.78 is 0. The van der Waals surface area contributed by atoms with Crippen molar-refractivity contribution in [2.45, 2.75) is 50.4 Å². The van der Waals surface area contributed by atoms with Crippen LogP contribution in [0.5, 0.6) is 0 Å². The molecule has 314 valence electrons. The zero-order valence-corrected chi connectivity index (χ0v) is 37.9. The van der Waals surface area contributed by atoms with E-state index in [0.29, 0.717) is 5.41 Å². The molecule has 0 N–H and O–H groups in total. The molecular formula is C63H53NSi. The van der Waals surface area contributed by atoms with Gasteiger partial charge >= 0.3 is 0 Å². The molecule has 0 radical (unpaired) electrons. The molecule has 3 aliphatic carbocycles. The van der Waals surface area contributed by atoms with Crippen LogP contribution in [-0.2, 0) is 5.41 Å². The van der Waals surface area contributed by atoms with E-state index < -0.39 is 8.07 Å². The van der Waals surface area contributed by atoms with Crippen LogP contribution in [0.2, 0.25) is 0 Å². The maximum absolute atomic E-state index is 2.70. The molecule has 1 nitrogen and oxygen atoms in total. The lowest BCUT2D eigenvalue weighted by molar-refractivity contribution is 0.00964. The highest BCUT2D eigenvalue weighted by atomic mass is 28.3. The Labute approximate surface area is 385 Å². The van der Waals surface area contributed by atoms with Crippen molar-refractivity contribution in [3.8, 4) is 33.4 Å². The van der Waals surface area contributed by atoms with Crippen molar-refractivity contribution >= 4 is 56.7 Å². The Morgan fingerprint density at radius 1 is 0.415 bits per heavy atom. The summed E-state index contributed by atoms with van der Waals surface area (Å²) in [5.74, 6) is 2.79. The minimum atomic E-state index is -2.70. The number of benzene rings is 9. The first-order chi connectivity index (χ1) is 32.2. The number of hydrogen-bond acceptors (Lipinski definition) is 1. The summed E-state index contributed by atoms with van der Waals surface area (Å²) in [5.41, 5.74) is 13.2. The van der Waals surface area contributed by atoms with E-state index in [1.807, 2.05) is 0 Å². The van der Waals surface area contributed by atoms with E-state index in [0.717, 1.165) is 23.4 Å². The number of fused-ring (bicyclic) bond motifs is 6. The summed E-state index contributed by atoms with van der Waals surface area (Å²) in [6.07, 6.45) is 9.90. The third-order valence-corrected chi connectivity index (χ3v) is 21.3. The molecule has 3 bridgehead atoms. The molecule has 0 aromatic heterocycles. The largest absolute Gasteiger partial charge is 0.311 e. The van der Waals surface area contributed by atoms with Crippen LogP contribution in [0.3, 0.4) is 0 Å². The van der Waals surface area contributed by atoms with E-state index in [2.05, 4.69) is 223 Å². The third-order valence-electron chi connectivity index (χ3n) is 16.4. The Balaban J connectivity index is 0.976. The predicted molar refractivity (Wildman–Crippen MR) is 277 cm³/mol. The van der Waals surface area contributed by atoms with Crippen LogP contribution in [0.1, 0.15) is 50.5 Å². The number of nitrogens with zero attached hydrogens (tertiary/aromatic N) is 1. The highest BCUT2D eigenvalue weighted by Crippen LogP contribution is 2.59. The molecule has 4 atom stereocenters. The van der Waals surface area contributed by atoms with Gasteiger partial charge in [-0.2, -0.15) is 0 Å². The molecule has 3 saturated carbocycles. The van der Waals surface area contributed by atoms with E-state index >= 15 is 0 Å². The molecule has 1 aliphatic heterocycles. The fourth-order valence-electron chi connectivity index (χ4n) is 13.6. The lowest BCUT2D eigenvalue weighted by Gasteiger charge is -2.55. The average molecular weight is 852 g/mol. The van der Waals surface area contributed by atoms with Crippen molar-refractivity contribution in [3.63, 3.8) is 0 Å². The van der Waals surface area contributed by atoms with Gasteiger partial charge in [0.15, 0.2) is 8.07 Å². The Kier molecular flexibility index (Phi) is 9.20. The second-order valence-electron chi connectivity index (χ2n) is 19.7. The summed E-state index contributed by atoms with van der Waals surface area (Å²) in [6, 6.07) is 83.1. The number of hydrogen-bond donors (Lipinski definition) is 0. The van der Waals surface area contributed by atoms with E-state index in [-0.39, 0.29) is 0 Å². The normalized spacial score (nSPS) is 21.1. The van der Waals surface area contributed by atoms with Gasteiger partial charge < -0.3 is 4.90 Å². The molecule has 1 heterocycles. The molecule has 4 unspecified atom stereocenters. The smallest absolute Gasteiger partial charge is 0.180 e. The van der Waals surface area contributed by atoms with E-state index in [1.165, 1.54) is 121 Å². The predicted octanol–water partition coefficient (Wildman–Crippen LogP) is 13.9. The molecule has 0 spiro atoms. The molecular weight excluding hydrogens is 799 g/mol. The Hall–Kier alpha value is -6.74. The zero-order chi connectivity index (χ0) is 43.0. The van der Waals surface area contributed by atoms with Crippen molar-refractivity contribution in [2.24, 2.45) is 17.8 Å². The van der Waals surface area contributed by atoms with E-state index in [9.17, 15) is 0 Å². The van der Waals surface area contributed by atoms with Crippen molar-refractivity contribution in [3.05, 3.63) is 224 Å². The SMILES string of the molecule is c1ccc(-c2cccc3cccc(-c4ccc(N(c5ccc(C67CCC8CCC(CC8C6)C7)cc5)c5ccc6c(c5)[Si](c5ccccc5)(c5ccccc5)c5ccccc5-6)cc4)c23)cc1. The van der Waals surface area contributed by atoms with Gasteiger partial charge in [-0.05, 0) is 169 Å². The quantitative estimate of drug-likeness (QED) is 0.138. The number of anilines is 3. The highest BCUT2D eigenvalue weighted by Gasteiger charge is 2.50. The first kappa shape index (κ1) is 38.7. The van der Waals surface area contributed by atoms with Gasteiger partial charge in [0, 0.05) is 17.1 Å². The van der Waals surface area contributed by atoms with Gasteiger partial charge in [-0.25, -0.2) is 0 Å². The first-order valence-corrected chi connectivity index (χ1v) is 26.1. The molecule has 0 saturated heterocycles. The Bertz CT molecular complexity index is 3150. The van der Waals surface area contributed by atoms with Crippen LogP contribution < -0.4 is 25.6 Å². The zero-order valence-electron chi connectivity index (χ0n) is 36.9. The maximum Gasteiger partial charge on any atom is 0.180 e. The van der Waals surface area contributed by atoms with Crippen LogP contribution in [0.4, 0.5) is 17.1 Å². The molecule has 9 aromatic carbocycles. The average Bonchev–Trinajstić information content (AvgIpc) is 3.67. The molecule has 3 fully saturated rings. The highest BCUT2D eigenvalue weighted by molar-refractivity contribution is 7.22. The van der Waals surface area contributed by atoms with Gasteiger partial charge in [0.25, 0.3) is 0 Å². The molecule has 2 heteroatoms. The summed E-state index contributed by atoms with van der Waals surface area (Å²) in [5, 5.41) is 8.33. The van der Waals surface area contributed by atoms with Crippen LogP contribution >= 0.6 is 0 Å². The molecule has 65 heavy (non-hydrogen) atoms. The van der Waals surface area contributed by atoms with E-state index in [1.54, 1.807) is 5.56 Å². The van der Waals surface area contributed by atoms with Gasteiger partial charge in [-0.1, -0.05) is 188 Å². The lowest BCUT2D eigenvalue weighted by atomic mass is 9.50. The van der Waals surface area contributed by atoms with Crippen molar-refractivity contribution in [1.82, 2.24) is 0 Å². The van der Waals surface area contributed by atoms with Gasteiger partial charge in [0.1, 0.15) is 0 Å². The second kappa shape index (κ2) is 15.5. The van der Waals surface area contributed by atoms with E-state index in [4.69, 9.17) is 0 Å². The van der Waals surface area contributed by atoms with Crippen LogP contribution in [0.15, 0.2) is 218 Å². The summed E-state index contributed by atoms with van der Waals surface area (Å²) >= 11 is 0. The van der Waals surface area contributed by atoms with Gasteiger partial charge in [0.2, 0.25) is 0 Å². The minimum Gasteiger partial charge on any atom is -0.311 e. The fourth-order valence-corrected chi connectivity index (χ4v) is 18.8. The van der Waals surface area contributed by atoms with Crippen molar-refractivity contribution < 1.29 is 0 Å². The van der Waals surface area contributed by atoms with Crippen LogP contribution in [-0.4, -0.2) is 8.07 Å². The summed E-state index contributed by atoms with van der Waals surface area (Å²) in [4.78, 5) is 2.54. The molecule has 9 aromatic rings. The van der Waals surface area contributed by atoms with Gasteiger partial charge in [0.05, 0.1) is 0 Å². The van der Waals surface area contributed by atoms with Crippen molar-refractivity contribution in [2.75, 3.05) is 4.90 Å². The van der Waals surface area contributed by atoms with Gasteiger partial charge in [-0.3, -0.25) is 0 Å². The summed E-state index contributed by atoms with van der Waals surface area (Å²) in [7, 11) is -2.70. The molecule has 13 rings (SSSR count). The molecule has 0 amide bonds. The molecule has 4 aliphatic rings. The Morgan fingerprint density at radius 3 is 1.68 bits per heavy atom. The lowest BCUT2D eigenvalue weighted by Crippen LogP contribution is -2.72. The standard InChI is InChI=1S/C63H53NSi/c1-4-14-46(15-5-1)56-23-12-16-48-17-13-24-57(62(48)56)47-28-32-51(33-29-47)64(52-34-30-50(31-35-52)63-39-38-45-27-26-44(42-63)40-49(45)43-63)53-36-37-59-58-22-10-11-25-60(58)65(61(59)41-53,54-18-6-2-7-19-54)55-20-8-3-9-21-55/h1-25,28-37,41,44-45,49H,26-27,38-40,42-43H2. The van der Waals surface area contributed by atoms with Crippen LogP contribution in [0.25, 0.3) is 44.2 Å². The first-order valence-electron chi connectivity index (χ1n) is 24.1. The van der Waals surface area contributed by atoms with Crippen LogP contribution in [0, 0.1) is 17.8 Å². The topological polar surface area (TPSA) is 3.24 Å². The second-order valence-corrected chi connectivity index (χ2v) is 23.4. The summed E-state index contributed by atoms with van der Waals surface area (Å²) in [6.45, 7) is 0. The minimum absolute atomic E-state index is 0.336. The monoisotopic (exact) mass is 851 g/mol. The van der Waals surface area contributed by atoms with Gasteiger partial charge in [-0.15, -0.1) is 0 Å². The Morgan fingerprint density at radius 2 is 0.985 bits per heavy atom. The van der Waals surface area contributed by atoms with Crippen molar-refractivity contribution in [1.29, 1.82) is 0 Å². The maximum atomic E-state index is 2.57. The third kappa shape index (κ3) is 6.18. The fraction of sp³-hybridized carbons (Fsp3) is 0.175.